The third-order valence-electron chi connectivity index (χ3n) is 5.15. The molecular formula is C21H23N3O6. The first kappa shape index (κ1) is 20.1. The first-order chi connectivity index (χ1) is 14.4. The number of aliphatic hydroxyl groups excluding tert-OH is 1. The van der Waals surface area contributed by atoms with Gasteiger partial charge in [0.25, 0.3) is 5.56 Å². The Labute approximate surface area is 172 Å². The molecule has 9 heteroatoms. The Balaban J connectivity index is 1.61. The minimum absolute atomic E-state index is 0.00941. The molecule has 158 valence electrons. The van der Waals surface area contributed by atoms with Crippen LogP contribution in [0.3, 0.4) is 0 Å². The van der Waals surface area contributed by atoms with E-state index in [-0.39, 0.29) is 30.3 Å². The number of para-hydroxylation sites is 1. The van der Waals surface area contributed by atoms with Crippen molar-refractivity contribution >= 4 is 16.9 Å². The molecule has 0 radical (unpaired) electrons. The van der Waals surface area contributed by atoms with Gasteiger partial charge in [-0.05, 0) is 37.8 Å². The van der Waals surface area contributed by atoms with E-state index in [4.69, 9.17) is 14.0 Å². The first-order valence-electron chi connectivity index (χ1n) is 9.76. The third-order valence-corrected chi connectivity index (χ3v) is 5.15. The van der Waals surface area contributed by atoms with Crippen molar-refractivity contribution in [2.45, 2.75) is 45.3 Å². The number of hydrogen-bond donors (Lipinski definition) is 1. The third kappa shape index (κ3) is 3.68. The van der Waals surface area contributed by atoms with Crippen molar-refractivity contribution in [3.63, 3.8) is 0 Å². The highest BCUT2D eigenvalue weighted by Gasteiger charge is 2.34. The summed E-state index contributed by atoms with van der Waals surface area (Å²) in [6.45, 7) is 3.62. The summed E-state index contributed by atoms with van der Waals surface area (Å²) in [5, 5.41) is 18.8. The summed E-state index contributed by atoms with van der Waals surface area (Å²) in [5.74, 6) is 0.612. The average molecular weight is 413 g/mol. The van der Waals surface area contributed by atoms with Crippen LogP contribution in [-0.2, 0) is 11.3 Å². The number of ether oxygens (including phenoxy) is 2. The molecule has 1 atom stereocenters. The van der Waals surface area contributed by atoms with E-state index in [1.807, 2.05) is 32.0 Å². The van der Waals surface area contributed by atoms with Crippen molar-refractivity contribution in [2.75, 3.05) is 13.7 Å². The van der Waals surface area contributed by atoms with Crippen LogP contribution in [0.15, 0.2) is 27.5 Å². The number of fused-ring (bicyclic) bond motifs is 1. The lowest BCUT2D eigenvalue weighted by Gasteiger charge is -2.16. The zero-order chi connectivity index (χ0) is 21.4. The second-order valence-electron chi connectivity index (χ2n) is 7.56. The maximum absolute atomic E-state index is 12.8. The summed E-state index contributed by atoms with van der Waals surface area (Å²) in [7, 11) is 1.24. The Morgan fingerprint density at radius 1 is 1.33 bits per heavy atom. The fourth-order valence-electron chi connectivity index (χ4n) is 3.46. The van der Waals surface area contributed by atoms with Crippen LogP contribution in [0.1, 0.15) is 46.1 Å². The van der Waals surface area contributed by atoms with Crippen LogP contribution in [0.2, 0.25) is 0 Å². The van der Waals surface area contributed by atoms with E-state index in [0.29, 0.717) is 16.9 Å². The van der Waals surface area contributed by atoms with E-state index in [1.54, 1.807) is 0 Å². The Kier molecular flexibility index (Phi) is 5.29. The van der Waals surface area contributed by atoms with Gasteiger partial charge in [0, 0.05) is 5.92 Å². The van der Waals surface area contributed by atoms with Crippen LogP contribution >= 0.6 is 0 Å². The highest BCUT2D eigenvalue weighted by molar-refractivity contribution is 6.02. The molecule has 1 unspecified atom stereocenters. The van der Waals surface area contributed by atoms with Gasteiger partial charge in [-0.25, -0.2) is 9.48 Å². The van der Waals surface area contributed by atoms with Gasteiger partial charge in [-0.15, -0.1) is 0 Å². The number of hydrogen-bond acceptors (Lipinski definition) is 8. The van der Waals surface area contributed by atoms with Gasteiger partial charge in [-0.1, -0.05) is 23.4 Å². The zero-order valence-corrected chi connectivity index (χ0v) is 17.0. The molecule has 0 spiro atoms. The number of methoxy groups -OCH3 is 1. The van der Waals surface area contributed by atoms with Crippen LogP contribution in [-0.4, -0.2) is 45.8 Å². The Bertz CT molecular complexity index is 1140. The fourth-order valence-corrected chi connectivity index (χ4v) is 3.46. The van der Waals surface area contributed by atoms with Gasteiger partial charge in [-0.3, -0.25) is 4.79 Å². The van der Waals surface area contributed by atoms with Gasteiger partial charge in [0.05, 0.1) is 19.0 Å². The summed E-state index contributed by atoms with van der Waals surface area (Å²) in [5.41, 5.74) is 1.32. The molecule has 1 aliphatic carbocycles. The van der Waals surface area contributed by atoms with Crippen LogP contribution in [0.4, 0.5) is 0 Å². The van der Waals surface area contributed by atoms with E-state index in [1.165, 1.54) is 7.11 Å². The SMILES string of the molecule is COC(=O)c1nn(CC(O)COc2c(C)cccc2C)c(=O)c2noc(C3CC3)c12. The maximum Gasteiger partial charge on any atom is 0.359 e. The fraction of sp³-hybridized carbons (Fsp3) is 0.429. The maximum atomic E-state index is 12.8. The number of benzene rings is 1. The number of carbonyl (C=O) groups excluding carboxylic acids is 1. The largest absolute Gasteiger partial charge is 0.490 e. The molecule has 4 rings (SSSR count). The van der Waals surface area contributed by atoms with Crippen LogP contribution in [0.5, 0.6) is 5.75 Å². The van der Waals surface area contributed by atoms with Gasteiger partial charge >= 0.3 is 5.97 Å². The molecule has 1 aromatic carbocycles. The predicted molar refractivity (Wildman–Crippen MR) is 107 cm³/mol. The Morgan fingerprint density at radius 2 is 2.03 bits per heavy atom. The smallest absolute Gasteiger partial charge is 0.359 e. The molecule has 30 heavy (non-hydrogen) atoms. The summed E-state index contributed by atoms with van der Waals surface area (Å²) in [4.78, 5) is 25.1. The molecule has 1 aliphatic rings. The number of aryl methyl sites for hydroxylation is 2. The van der Waals surface area contributed by atoms with Gasteiger partial charge in [0.1, 0.15) is 24.2 Å². The minimum atomic E-state index is -1.04. The second kappa shape index (κ2) is 7.91. The van der Waals surface area contributed by atoms with Crippen molar-refractivity contribution < 1.29 is 23.9 Å². The number of nitrogens with zero attached hydrogens (tertiary/aromatic N) is 3. The molecule has 3 aromatic rings. The molecule has 1 saturated carbocycles. The monoisotopic (exact) mass is 413 g/mol. The van der Waals surface area contributed by atoms with Gasteiger partial charge in [-0.2, -0.15) is 5.10 Å². The van der Waals surface area contributed by atoms with Gasteiger partial charge in [0.15, 0.2) is 11.2 Å². The minimum Gasteiger partial charge on any atom is -0.490 e. The number of esters is 1. The molecule has 0 aliphatic heterocycles. The molecule has 0 saturated heterocycles. The predicted octanol–water partition coefficient (Wildman–Crippen LogP) is 2.11. The second-order valence-corrected chi connectivity index (χ2v) is 7.56. The van der Waals surface area contributed by atoms with E-state index in [0.717, 1.165) is 28.7 Å². The molecule has 0 bridgehead atoms. The van der Waals surface area contributed by atoms with Crippen LogP contribution in [0.25, 0.3) is 10.9 Å². The van der Waals surface area contributed by atoms with E-state index >= 15 is 0 Å². The number of rotatable bonds is 7. The van der Waals surface area contributed by atoms with E-state index in [2.05, 4.69) is 10.3 Å². The number of aliphatic hydroxyl groups is 1. The van der Waals surface area contributed by atoms with E-state index < -0.39 is 17.6 Å². The average Bonchev–Trinajstić information content (AvgIpc) is 3.47. The normalized spacial score (nSPS) is 14.7. The van der Waals surface area contributed by atoms with Gasteiger partial charge in [0.2, 0.25) is 0 Å². The standard InChI is InChI=1S/C21H23N3O6/c1-11-5-4-6-12(2)18(11)29-10-14(25)9-24-20(26)16-15(17(22-24)21(27)28-3)19(30-23-16)13-7-8-13/h4-6,13-14,25H,7-10H2,1-3H3. The first-order valence-corrected chi connectivity index (χ1v) is 9.76. The van der Waals surface area contributed by atoms with Crippen LogP contribution in [0, 0.1) is 13.8 Å². The summed E-state index contributed by atoms with van der Waals surface area (Å²) in [6, 6.07) is 5.76. The molecule has 2 heterocycles. The lowest BCUT2D eigenvalue weighted by Crippen LogP contribution is -2.33. The molecule has 1 fully saturated rings. The number of aromatic nitrogens is 3. The quantitative estimate of drug-likeness (QED) is 0.586. The van der Waals surface area contributed by atoms with Crippen molar-refractivity contribution in [3.8, 4) is 5.75 Å². The molecule has 2 aromatic heterocycles. The van der Waals surface area contributed by atoms with Crippen molar-refractivity contribution in [3.05, 3.63) is 51.1 Å². The highest BCUT2D eigenvalue weighted by atomic mass is 16.5. The Hall–Kier alpha value is -3.20. The van der Waals surface area contributed by atoms with Crippen LogP contribution < -0.4 is 10.3 Å². The van der Waals surface area contributed by atoms with Crippen molar-refractivity contribution in [1.29, 1.82) is 0 Å². The lowest BCUT2D eigenvalue weighted by atomic mass is 10.1. The number of carbonyl (C=O) groups is 1. The highest BCUT2D eigenvalue weighted by Crippen LogP contribution is 2.43. The van der Waals surface area contributed by atoms with Gasteiger partial charge < -0.3 is 19.1 Å². The molecule has 1 N–H and O–H groups in total. The topological polar surface area (TPSA) is 117 Å². The van der Waals surface area contributed by atoms with E-state index in [9.17, 15) is 14.7 Å². The lowest BCUT2D eigenvalue weighted by molar-refractivity contribution is 0.0588. The van der Waals surface area contributed by atoms with Crippen molar-refractivity contribution in [2.24, 2.45) is 0 Å². The summed E-state index contributed by atoms with van der Waals surface area (Å²) >= 11 is 0. The molecule has 0 amide bonds. The van der Waals surface area contributed by atoms with Crippen molar-refractivity contribution in [1.82, 2.24) is 14.9 Å². The Morgan fingerprint density at radius 3 is 2.67 bits per heavy atom. The molecule has 9 nitrogen and oxygen atoms in total. The molecular weight excluding hydrogens is 390 g/mol. The zero-order valence-electron chi connectivity index (χ0n) is 17.0. The summed E-state index contributed by atoms with van der Waals surface area (Å²) < 4.78 is 16.9. The summed E-state index contributed by atoms with van der Waals surface area (Å²) in [6.07, 6.45) is 0.775.